The van der Waals surface area contributed by atoms with E-state index >= 15 is 0 Å². The van der Waals surface area contributed by atoms with E-state index < -0.39 is 0 Å². The fourth-order valence-electron chi connectivity index (χ4n) is 6.98. The Morgan fingerprint density at radius 1 is 0.976 bits per heavy atom. The summed E-state index contributed by atoms with van der Waals surface area (Å²) in [5.41, 5.74) is 6.61. The van der Waals surface area contributed by atoms with Gasteiger partial charge in [-0.05, 0) is 120 Å². The van der Waals surface area contributed by atoms with Crippen LogP contribution < -0.4 is 14.8 Å². The predicted molar refractivity (Wildman–Crippen MR) is 175 cm³/mol. The van der Waals surface area contributed by atoms with Gasteiger partial charge in [-0.15, -0.1) is 6.58 Å². The van der Waals surface area contributed by atoms with Crippen molar-refractivity contribution in [3.05, 3.63) is 77.5 Å². The number of rotatable bonds is 10. The molecule has 220 valence electrons. The lowest BCUT2D eigenvalue weighted by molar-refractivity contribution is 0.0969. The van der Waals surface area contributed by atoms with Crippen LogP contribution in [0, 0.1) is 17.8 Å². The van der Waals surface area contributed by atoms with Gasteiger partial charge >= 0.3 is 0 Å². The number of hydrogen-bond donors (Lipinski definition) is 2. The summed E-state index contributed by atoms with van der Waals surface area (Å²) < 4.78 is 9.72. The van der Waals surface area contributed by atoms with E-state index in [0.717, 1.165) is 35.0 Å². The first-order valence-electron chi connectivity index (χ1n) is 15.6. The van der Waals surface area contributed by atoms with E-state index in [4.69, 9.17) is 9.72 Å². The van der Waals surface area contributed by atoms with E-state index in [1.54, 1.807) is 7.11 Å². The van der Waals surface area contributed by atoms with Gasteiger partial charge in [-0.1, -0.05) is 59.8 Å². The van der Waals surface area contributed by atoms with Crippen molar-refractivity contribution in [3.8, 4) is 5.75 Å². The molecule has 3 aromatic rings. The molecule has 2 fully saturated rings. The number of methoxy groups -OCH3 is 1. The molecule has 1 saturated heterocycles. The van der Waals surface area contributed by atoms with Crippen LogP contribution >= 0.6 is 11.9 Å². The first-order valence-corrected chi connectivity index (χ1v) is 16.4. The molecule has 5 unspecified atom stereocenters. The highest BCUT2D eigenvalue weighted by Crippen LogP contribution is 2.48. The van der Waals surface area contributed by atoms with Crippen molar-refractivity contribution in [2.45, 2.75) is 95.5 Å². The molecule has 41 heavy (non-hydrogen) atoms. The van der Waals surface area contributed by atoms with Crippen LogP contribution in [0.5, 0.6) is 5.75 Å². The molecule has 0 amide bonds. The number of allylic oxidation sites excluding steroid dienone is 1. The van der Waals surface area contributed by atoms with Crippen LogP contribution in [0.4, 0.5) is 0 Å². The quantitative estimate of drug-likeness (QED) is 0.188. The summed E-state index contributed by atoms with van der Waals surface area (Å²) in [4.78, 5) is 6.11. The van der Waals surface area contributed by atoms with E-state index in [2.05, 4.69) is 94.6 Å². The number of nitrogens with zero attached hydrogens (tertiary/aromatic N) is 1. The largest absolute Gasteiger partial charge is 0.497 e. The minimum Gasteiger partial charge on any atom is -0.497 e. The van der Waals surface area contributed by atoms with Gasteiger partial charge in [0, 0.05) is 22.5 Å². The van der Waals surface area contributed by atoms with Gasteiger partial charge in [0.15, 0.2) is 0 Å². The predicted octanol–water partition coefficient (Wildman–Crippen LogP) is 9.14. The highest BCUT2D eigenvalue weighted by atomic mass is 32.2. The third-order valence-electron chi connectivity index (χ3n) is 9.56. The lowest BCUT2D eigenvalue weighted by Gasteiger charge is -2.43. The van der Waals surface area contributed by atoms with Crippen molar-refractivity contribution in [2.75, 3.05) is 13.7 Å². The number of fused-ring (bicyclic) bond motifs is 2. The standard InChI is InChI=1S/C36H49N3OS/c1-9-24-16-26-19-34(38-14-12-28(24)26)35(29-13-15-37-33-11-10-27(40-8)20-32(29)33)39-41-36-30(22(4)5)17-25(21(2)3)18-31(36)23(6)7/h9-11,13,15,17-18,20-24,26,28,34-35,38-39H,1,12,14,16,19H2,2-8H3. The summed E-state index contributed by atoms with van der Waals surface area (Å²) in [6.07, 6.45) is 7.83. The Kier molecular flexibility index (Phi) is 9.47. The zero-order chi connectivity index (χ0) is 29.3. The third-order valence-corrected chi connectivity index (χ3v) is 10.6. The zero-order valence-corrected chi connectivity index (χ0v) is 26.9. The van der Waals surface area contributed by atoms with Gasteiger partial charge in [0.05, 0.1) is 18.7 Å². The van der Waals surface area contributed by atoms with E-state index in [0.29, 0.717) is 29.7 Å². The number of nitrogens with one attached hydrogen (secondary N) is 2. The van der Waals surface area contributed by atoms with Crippen LogP contribution in [0.3, 0.4) is 0 Å². The van der Waals surface area contributed by atoms with Gasteiger partial charge in [-0.25, -0.2) is 0 Å². The number of hydrogen-bond acceptors (Lipinski definition) is 5. The maximum atomic E-state index is 5.65. The lowest BCUT2D eigenvalue weighted by Crippen LogP contribution is -2.42. The molecule has 2 aliphatic rings. The van der Waals surface area contributed by atoms with Crippen LogP contribution in [0.1, 0.15) is 107 Å². The number of ether oxygens (including phenoxy) is 1. The molecule has 5 rings (SSSR count). The van der Waals surface area contributed by atoms with Crippen LogP contribution in [0.15, 0.2) is 60.1 Å². The lowest BCUT2D eigenvalue weighted by atomic mass is 9.62. The minimum absolute atomic E-state index is 0.115. The minimum atomic E-state index is 0.115. The van der Waals surface area contributed by atoms with E-state index in [1.165, 1.54) is 46.4 Å². The molecule has 2 N–H and O–H groups in total. The highest BCUT2D eigenvalue weighted by Gasteiger charge is 2.43. The second-order valence-corrected chi connectivity index (χ2v) is 14.0. The van der Waals surface area contributed by atoms with Gasteiger partial charge in [0.1, 0.15) is 5.75 Å². The van der Waals surface area contributed by atoms with Crippen molar-refractivity contribution < 1.29 is 4.74 Å². The van der Waals surface area contributed by atoms with E-state index in [9.17, 15) is 0 Å². The molecular formula is C36H49N3OS. The smallest absolute Gasteiger partial charge is 0.119 e. The Hall–Kier alpha value is -2.34. The second kappa shape index (κ2) is 12.9. The molecule has 5 heteroatoms. The molecule has 4 nitrogen and oxygen atoms in total. The highest BCUT2D eigenvalue weighted by molar-refractivity contribution is 7.97. The SMILES string of the molecule is C=CC1CC2CC(C(NSc3c(C(C)C)cc(C(C)C)cc3C(C)C)c3ccnc4ccc(OC)cc34)NCCC12. The first-order chi connectivity index (χ1) is 19.7. The Labute approximate surface area is 252 Å². The summed E-state index contributed by atoms with van der Waals surface area (Å²) in [6.45, 7) is 19.1. The summed E-state index contributed by atoms with van der Waals surface area (Å²) in [5, 5.41) is 5.15. The summed E-state index contributed by atoms with van der Waals surface area (Å²) in [5.74, 6) is 4.45. The molecular weight excluding hydrogens is 522 g/mol. The molecule has 5 atom stereocenters. The molecule has 0 spiro atoms. The fraction of sp³-hybridized carbons (Fsp3) is 0.528. The molecule has 2 heterocycles. The third kappa shape index (κ3) is 6.23. The normalized spacial score (nSPS) is 23.4. The Morgan fingerprint density at radius 3 is 2.34 bits per heavy atom. The van der Waals surface area contributed by atoms with Crippen LogP contribution in [0.25, 0.3) is 10.9 Å². The number of aromatic nitrogens is 1. The van der Waals surface area contributed by atoms with Gasteiger partial charge in [0.25, 0.3) is 0 Å². The van der Waals surface area contributed by atoms with Crippen molar-refractivity contribution in [1.29, 1.82) is 0 Å². The van der Waals surface area contributed by atoms with Gasteiger partial charge in [-0.2, -0.15) is 0 Å². The Balaban J connectivity index is 1.56. The van der Waals surface area contributed by atoms with Gasteiger partial charge < -0.3 is 10.1 Å². The topological polar surface area (TPSA) is 46.2 Å². The molecule has 1 aliphatic carbocycles. The Morgan fingerprint density at radius 2 is 1.71 bits per heavy atom. The zero-order valence-electron chi connectivity index (χ0n) is 26.0. The van der Waals surface area contributed by atoms with Gasteiger partial charge in [0.2, 0.25) is 0 Å². The fourth-order valence-corrected chi connectivity index (χ4v) is 8.34. The molecule has 2 aromatic carbocycles. The molecule has 1 aliphatic heterocycles. The van der Waals surface area contributed by atoms with Crippen LogP contribution in [-0.2, 0) is 0 Å². The molecule has 1 aromatic heterocycles. The maximum Gasteiger partial charge on any atom is 0.119 e. The summed E-state index contributed by atoms with van der Waals surface area (Å²) in [7, 11) is 1.74. The van der Waals surface area contributed by atoms with Crippen molar-refractivity contribution >= 4 is 22.9 Å². The average molecular weight is 572 g/mol. The maximum absolute atomic E-state index is 5.65. The molecule has 1 saturated carbocycles. The van der Waals surface area contributed by atoms with Gasteiger partial charge in [-0.3, -0.25) is 9.71 Å². The first kappa shape index (κ1) is 30.1. The summed E-state index contributed by atoms with van der Waals surface area (Å²) >= 11 is 1.84. The number of pyridine rings is 1. The monoisotopic (exact) mass is 571 g/mol. The molecule has 0 bridgehead atoms. The number of benzene rings is 2. The molecule has 0 radical (unpaired) electrons. The van der Waals surface area contributed by atoms with Crippen LogP contribution in [0.2, 0.25) is 0 Å². The van der Waals surface area contributed by atoms with Crippen LogP contribution in [-0.4, -0.2) is 24.7 Å². The Bertz CT molecular complexity index is 1340. The van der Waals surface area contributed by atoms with E-state index in [-0.39, 0.29) is 6.04 Å². The van der Waals surface area contributed by atoms with E-state index in [1.807, 2.05) is 24.2 Å². The summed E-state index contributed by atoms with van der Waals surface area (Å²) in [6, 6.07) is 13.8. The average Bonchev–Trinajstić information content (AvgIpc) is 3.11. The van der Waals surface area contributed by atoms with Crippen molar-refractivity contribution in [3.63, 3.8) is 0 Å². The second-order valence-electron chi connectivity index (χ2n) is 13.1. The van der Waals surface area contributed by atoms with Crippen molar-refractivity contribution in [1.82, 2.24) is 15.0 Å². The van der Waals surface area contributed by atoms with Crippen molar-refractivity contribution in [2.24, 2.45) is 17.8 Å².